The molecule has 5 saturated carbocycles. The molecule has 0 aromatic heterocycles. The van der Waals surface area contributed by atoms with E-state index in [1.54, 1.807) is 13.8 Å². The van der Waals surface area contributed by atoms with E-state index in [0.29, 0.717) is 6.42 Å². The maximum absolute atomic E-state index is 13.9. The molecule has 0 radical (unpaired) electrons. The van der Waals surface area contributed by atoms with Gasteiger partial charge in [-0.3, -0.25) is 14.4 Å². The zero-order valence-corrected chi connectivity index (χ0v) is 18.8. The summed E-state index contributed by atoms with van der Waals surface area (Å²) in [5.41, 5.74) is -2.78. The Balaban J connectivity index is 1.63. The maximum Gasteiger partial charge on any atom is 0.314 e. The fourth-order valence-electron chi connectivity index (χ4n) is 9.51. The summed E-state index contributed by atoms with van der Waals surface area (Å²) < 4.78 is 12.4. The quantitative estimate of drug-likeness (QED) is 0.334. The first-order valence-corrected chi connectivity index (χ1v) is 11.5. The lowest BCUT2D eigenvalue weighted by Gasteiger charge is -2.81. The van der Waals surface area contributed by atoms with Crippen LogP contribution < -0.4 is 0 Å². The molecule has 7 rings (SSSR count). The molecule has 7 fully saturated rings. The Labute approximate surface area is 186 Å². The second-order valence-electron chi connectivity index (χ2n) is 12.0. The predicted molar refractivity (Wildman–Crippen MR) is 108 cm³/mol. The number of hydrogen-bond donors (Lipinski definition) is 3. The van der Waals surface area contributed by atoms with E-state index >= 15 is 0 Å². The molecule has 3 unspecified atom stereocenters. The third kappa shape index (κ3) is 1.72. The van der Waals surface area contributed by atoms with Crippen LogP contribution in [-0.4, -0.2) is 57.1 Å². The van der Waals surface area contributed by atoms with E-state index in [4.69, 9.17) is 9.47 Å². The summed E-state index contributed by atoms with van der Waals surface area (Å²) in [4.78, 5) is 40.0. The fraction of sp³-hybridized carbons (Fsp3) is 0.792. The van der Waals surface area contributed by atoms with Crippen LogP contribution in [0.15, 0.2) is 12.2 Å². The number of aliphatic hydroxyl groups is 2. The lowest BCUT2D eigenvalue weighted by Crippen LogP contribution is -2.91. The summed E-state index contributed by atoms with van der Waals surface area (Å²) in [7, 11) is 0. The van der Waals surface area contributed by atoms with Crippen molar-refractivity contribution in [3.63, 3.8) is 0 Å². The highest BCUT2D eigenvalue weighted by molar-refractivity contribution is 6.08. The number of carboxylic acid groups (broad SMARTS) is 1. The van der Waals surface area contributed by atoms with Crippen LogP contribution in [0, 0.1) is 51.8 Å². The molecule has 8 nitrogen and oxygen atoms in total. The van der Waals surface area contributed by atoms with Crippen LogP contribution in [-0.2, 0) is 23.9 Å². The van der Waals surface area contributed by atoms with Crippen LogP contribution in [0.1, 0.15) is 40.5 Å². The lowest BCUT2D eigenvalue weighted by molar-refractivity contribution is -0.489. The molecule has 10 atom stereocenters. The first-order valence-electron chi connectivity index (χ1n) is 11.5. The van der Waals surface area contributed by atoms with Gasteiger partial charge in [-0.1, -0.05) is 26.0 Å². The van der Waals surface area contributed by atoms with Gasteiger partial charge < -0.3 is 24.8 Å². The molecule has 2 spiro atoms. The molecule has 0 aromatic rings. The van der Waals surface area contributed by atoms with E-state index in [1.807, 2.05) is 0 Å². The molecule has 2 bridgehead atoms. The van der Waals surface area contributed by atoms with E-state index in [2.05, 4.69) is 6.58 Å². The number of carboxylic acids is 1. The fourth-order valence-corrected chi connectivity index (χ4v) is 9.51. The molecule has 0 aromatic carbocycles. The molecular formula is C24H30O8. The Morgan fingerprint density at radius 2 is 1.88 bits per heavy atom. The highest BCUT2D eigenvalue weighted by atomic mass is 16.8. The summed E-state index contributed by atoms with van der Waals surface area (Å²) in [6, 6.07) is 0. The van der Waals surface area contributed by atoms with E-state index in [9.17, 15) is 29.7 Å². The van der Waals surface area contributed by atoms with Crippen LogP contribution in [0.4, 0.5) is 0 Å². The number of aliphatic carboxylic acids is 1. The Morgan fingerprint density at radius 1 is 1.22 bits per heavy atom. The van der Waals surface area contributed by atoms with Gasteiger partial charge in [-0.25, -0.2) is 0 Å². The van der Waals surface area contributed by atoms with Crippen molar-refractivity contribution in [3.05, 3.63) is 12.2 Å². The summed E-state index contributed by atoms with van der Waals surface area (Å²) >= 11 is 0. The lowest BCUT2D eigenvalue weighted by atomic mass is 9.24. The van der Waals surface area contributed by atoms with Gasteiger partial charge in [-0.2, -0.15) is 0 Å². The van der Waals surface area contributed by atoms with Crippen molar-refractivity contribution in [2.45, 2.75) is 58.2 Å². The van der Waals surface area contributed by atoms with Gasteiger partial charge in [-0.05, 0) is 49.9 Å². The molecule has 3 N–H and O–H groups in total. The van der Waals surface area contributed by atoms with Crippen molar-refractivity contribution < 1.29 is 39.2 Å². The monoisotopic (exact) mass is 446 g/mol. The Morgan fingerprint density at radius 3 is 2.47 bits per heavy atom. The van der Waals surface area contributed by atoms with Gasteiger partial charge in [-0.15, -0.1) is 0 Å². The van der Waals surface area contributed by atoms with Crippen molar-refractivity contribution in [3.8, 4) is 0 Å². The van der Waals surface area contributed by atoms with E-state index in [1.165, 1.54) is 13.8 Å². The normalized spacial score (nSPS) is 54.3. The molecule has 2 saturated heterocycles. The van der Waals surface area contributed by atoms with Gasteiger partial charge in [0.15, 0.2) is 17.4 Å². The number of allylic oxidation sites excluding steroid dienone is 1. The second kappa shape index (κ2) is 5.37. The SMILES string of the molecule is C=C1C2C(=O)C34[C@H]2[C@H]1CC[C@H]3[C@@]12CO[C@@]4(OC(C)(C)O)[C@@H](O)[C@@H]1C(C)(C)C(C(=O)O)C2=O. The molecule has 7 aliphatic rings. The average molecular weight is 446 g/mol. The maximum atomic E-state index is 13.9. The Bertz CT molecular complexity index is 1010. The summed E-state index contributed by atoms with van der Waals surface area (Å²) in [5.74, 6) is -8.47. The van der Waals surface area contributed by atoms with Gasteiger partial charge in [0, 0.05) is 11.8 Å². The zero-order chi connectivity index (χ0) is 23.4. The predicted octanol–water partition coefficient (Wildman–Crippen LogP) is 1.14. The first kappa shape index (κ1) is 21.0. The largest absolute Gasteiger partial charge is 0.481 e. The molecule has 174 valence electrons. The van der Waals surface area contributed by atoms with E-state index < -0.39 is 63.4 Å². The minimum atomic E-state index is -1.84. The highest BCUT2D eigenvalue weighted by Gasteiger charge is 2.94. The van der Waals surface area contributed by atoms with Gasteiger partial charge in [0.25, 0.3) is 0 Å². The summed E-state index contributed by atoms with van der Waals surface area (Å²) in [5, 5.41) is 32.6. The van der Waals surface area contributed by atoms with Crippen LogP contribution in [0.2, 0.25) is 0 Å². The average Bonchev–Trinajstić information content (AvgIpc) is 2.83. The van der Waals surface area contributed by atoms with Crippen molar-refractivity contribution in [2.75, 3.05) is 6.61 Å². The molecule has 32 heavy (non-hydrogen) atoms. The minimum Gasteiger partial charge on any atom is -0.481 e. The molecule has 0 amide bonds. The van der Waals surface area contributed by atoms with Crippen LogP contribution in [0.5, 0.6) is 0 Å². The number of ether oxygens (including phenoxy) is 2. The Kier molecular flexibility index (Phi) is 3.52. The Hall–Kier alpha value is -1.61. The molecule has 8 heteroatoms. The second-order valence-corrected chi connectivity index (χ2v) is 12.0. The number of rotatable bonds is 3. The first-order chi connectivity index (χ1) is 14.7. The standard InChI is InChI=1S/C24H30O8/c1-9-10-6-7-11-22-8-31-24(32-21(4,5)30,23(11)13(10)12(9)16(23)25)18(27)15(22)20(2,3)14(17(22)26)19(28)29/h10-15,18,27,30H,1,6-8H2,2-5H3,(H,28,29)/t10-,11-,12?,13-,14?,15+,18-,22-,23?,24+/m0/s1. The van der Waals surface area contributed by atoms with Gasteiger partial charge in [0.1, 0.15) is 12.0 Å². The van der Waals surface area contributed by atoms with E-state index in [0.717, 1.165) is 12.0 Å². The third-order valence-corrected chi connectivity index (χ3v) is 10.1. The van der Waals surface area contributed by atoms with Crippen LogP contribution in [0.25, 0.3) is 0 Å². The number of aliphatic hydroxyl groups excluding tert-OH is 1. The number of fused-ring (bicyclic) bond motifs is 1. The van der Waals surface area contributed by atoms with Gasteiger partial charge in [0.05, 0.1) is 17.4 Å². The zero-order valence-electron chi connectivity index (χ0n) is 18.8. The number of Topliss-reactive ketones (excluding diaryl/α,β-unsaturated/α-hetero) is 2. The van der Waals surface area contributed by atoms with Gasteiger partial charge in [0.2, 0.25) is 5.79 Å². The molecule has 2 aliphatic heterocycles. The molecule has 2 heterocycles. The molecule has 5 aliphatic carbocycles. The smallest absolute Gasteiger partial charge is 0.314 e. The minimum absolute atomic E-state index is 0.0704. The summed E-state index contributed by atoms with van der Waals surface area (Å²) in [6.07, 6.45) is -0.162. The van der Waals surface area contributed by atoms with Crippen molar-refractivity contribution in [1.82, 2.24) is 0 Å². The molecular weight excluding hydrogens is 416 g/mol. The third-order valence-electron chi connectivity index (χ3n) is 10.1. The number of hydrogen-bond acceptors (Lipinski definition) is 7. The van der Waals surface area contributed by atoms with Crippen LogP contribution in [0.3, 0.4) is 0 Å². The topological polar surface area (TPSA) is 130 Å². The van der Waals surface area contributed by atoms with Crippen molar-refractivity contribution in [2.24, 2.45) is 51.8 Å². The summed E-state index contributed by atoms with van der Waals surface area (Å²) in [6.45, 7) is 10.2. The highest BCUT2D eigenvalue weighted by Crippen LogP contribution is 2.85. The number of carbonyl (C=O) groups excluding carboxylic acids is 2. The number of carbonyl (C=O) groups is 3. The number of ketones is 2. The van der Waals surface area contributed by atoms with Gasteiger partial charge >= 0.3 is 5.97 Å². The van der Waals surface area contributed by atoms with Crippen molar-refractivity contribution in [1.29, 1.82) is 0 Å². The van der Waals surface area contributed by atoms with E-state index in [-0.39, 0.29) is 30.1 Å². The van der Waals surface area contributed by atoms with Crippen LogP contribution >= 0.6 is 0 Å². The van der Waals surface area contributed by atoms with Crippen molar-refractivity contribution >= 4 is 17.5 Å².